The smallest absolute Gasteiger partial charge is 0.126 e. The van der Waals surface area contributed by atoms with Gasteiger partial charge in [0.15, 0.2) is 0 Å². The van der Waals surface area contributed by atoms with Gasteiger partial charge in [-0.15, -0.1) is 0 Å². The normalized spacial score (nSPS) is 12.4. The van der Waals surface area contributed by atoms with E-state index in [4.69, 9.17) is 0 Å². The van der Waals surface area contributed by atoms with Gasteiger partial charge in [0.05, 0.1) is 17.5 Å². The van der Waals surface area contributed by atoms with Crippen molar-refractivity contribution in [2.45, 2.75) is 26.4 Å². The molecular weight excluding hydrogens is 231 g/mol. The van der Waals surface area contributed by atoms with E-state index in [1.165, 1.54) is 6.07 Å². The maximum Gasteiger partial charge on any atom is 0.126 e. The number of nitrogens with zero attached hydrogens (tertiary/aromatic N) is 2. The summed E-state index contributed by atoms with van der Waals surface area (Å²) in [5.41, 5.74) is 2.61. The molecule has 2 aromatic rings. The molecule has 0 saturated carbocycles. The Hall–Kier alpha value is -1.81. The third kappa shape index (κ3) is 2.71. The van der Waals surface area contributed by atoms with E-state index in [0.29, 0.717) is 16.8 Å². The fraction of sp³-hybridized carbons (Fsp3) is 0.286. The molecule has 94 valence electrons. The molecule has 1 N–H and O–H groups in total. The first-order valence-corrected chi connectivity index (χ1v) is 5.80. The van der Waals surface area contributed by atoms with Crippen LogP contribution in [0.5, 0.6) is 0 Å². The molecular formula is C14H15FN2O. The number of aryl methyl sites for hydroxylation is 2. The molecule has 0 fully saturated rings. The molecule has 0 saturated heterocycles. The molecule has 2 rings (SSSR count). The summed E-state index contributed by atoms with van der Waals surface area (Å²) in [4.78, 5) is 0. The number of rotatable bonds is 3. The molecule has 0 spiro atoms. The quantitative estimate of drug-likeness (QED) is 0.905. The first-order chi connectivity index (χ1) is 8.58. The largest absolute Gasteiger partial charge is 0.388 e. The van der Waals surface area contributed by atoms with Crippen molar-refractivity contribution in [1.29, 1.82) is 0 Å². The summed E-state index contributed by atoms with van der Waals surface area (Å²) in [6.45, 7) is 3.60. The van der Waals surface area contributed by atoms with Gasteiger partial charge in [-0.1, -0.05) is 18.2 Å². The van der Waals surface area contributed by atoms with Crippen LogP contribution in [0, 0.1) is 19.7 Å². The van der Waals surface area contributed by atoms with Crippen LogP contribution in [0.15, 0.2) is 30.3 Å². The van der Waals surface area contributed by atoms with E-state index in [2.05, 4.69) is 10.2 Å². The Bertz CT molecular complexity index is 557. The highest BCUT2D eigenvalue weighted by Crippen LogP contribution is 2.21. The minimum atomic E-state index is -0.768. The lowest BCUT2D eigenvalue weighted by molar-refractivity contribution is 0.175. The van der Waals surface area contributed by atoms with Gasteiger partial charge in [-0.2, -0.15) is 10.2 Å². The first kappa shape index (κ1) is 12.6. The van der Waals surface area contributed by atoms with Crippen molar-refractivity contribution in [2.24, 2.45) is 0 Å². The molecule has 1 unspecified atom stereocenters. The lowest BCUT2D eigenvalue weighted by atomic mass is 10.00. The molecule has 0 aliphatic heterocycles. The Morgan fingerprint density at radius 3 is 2.67 bits per heavy atom. The van der Waals surface area contributed by atoms with Crippen LogP contribution >= 0.6 is 0 Å². The monoisotopic (exact) mass is 246 g/mol. The van der Waals surface area contributed by atoms with Crippen LogP contribution in [-0.2, 0) is 6.42 Å². The summed E-state index contributed by atoms with van der Waals surface area (Å²) in [6.07, 6.45) is -0.533. The molecule has 3 nitrogen and oxygen atoms in total. The SMILES string of the molecule is Cc1cc(C(O)Cc2ccccc2F)c(C)nn1. The van der Waals surface area contributed by atoms with Gasteiger partial charge in [0.1, 0.15) is 5.82 Å². The van der Waals surface area contributed by atoms with E-state index in [1.54, 1.807) is 31.2 Å². The van der Waals surface area contributed by atoms with Crippen molar-refractivity contribution < 1.29 is 9.50 Å². The average Bonchev–Trinajstić information content (AvgIpc) is 2.35. The average molecular weight is 246 g/mol. The van der Waals surface area contributed by atoms with Crippen LogP contribution in [0.25, 0.3) is 0 Å². The third-order valence-electron chi connectivity index (χ3n) is 2.87. The summed E-state index contributed by atoms with van der Waals surface area (Å²) in [6, 6.07) is 8.25. The van der Waals surface area contributed by atoms with E-state index in [-0.39, 0.29) is 12.2 Å². The second kappa shape index (κ2) is 5.23. The Balaban J connectivity index is 2.25. The fourth-order valence-corrected chi connectivity index (χ4v) is 1.89. The lowest BCUT2D eigenvalue weighted by Crippen LogP contribution is -2.08. The Morgan fingerprint density at radius 2 is 1.94 bits per heavy atom. The number of halogens is 1. The Labute approximate surface area is 105 Å². The number of hydrogen-bond donors (Lipinski definition) is 1. The summed E-state index contributed by atoms with van der Waals surface area (Å²) in [5, 5.41) is 18.0. The van der Waals surface area contributed by atoms with Gasteiger partial charge in [-0.3, -0.25) is 0 Å². The van der Waals surface area contributed by atoms with Gasteiger partial charge < -0.3 is 5.11 Å². The lowest BCUT2D eigenvalue weighted by Gasteiger charge is -2.13. The fourth-order valence-electron chi connectivity index (χ4n) is 1.89. The van der Waals surface area contributed by atoms with Crippen LogP contribution in [0.1, 0.15) is 28.6 Å². The standard InChI is InChI=1S/C14H15FN2O/c1-9-7-12(10(2)17-16-9)14(18)8-11-5-3-4-6-13(11)15/h3-7,14,18H,8H2,1-2H3. The number of benzene rings is 1. The predicted molar refractivity (Wildman–Crippen MR) is 66.6 cm³/mol. The number of aliphatic hydroxyl groups is 1. The van der Waals surface area contributed by atoms with Crippen LogP contribution in [0.3, 0.4) is 0 Å². The van der Waals surface area contributed by atoms with E-state index in [9.17, 15) is 9.50 Å². The predicted octanol–water partition coefficient (Wildman–Crippen LogP) is 2.51. The molecule has 1 atom stereocenters. The minimum Gasteiger partial charge on any atom is -0.388 e. The molecule has 0 radical (unpaired) electrons. The van der Waals surface area contributed by atoms with Crippen LogP contribution < -0.4 is 0 Å². The summed E-state index contributed by atoms with van der Waals surface area (Å²) in [5.74, 6) is -0.298. The van der Waals surface area contributed by atoms with E-state index in [0.717, 1.165) is 5.69 Å². The molecule has 1 aromatic carbocycles. The van der Waals surface area contributed by atoms with Crippen molar-refractivity contribution in [1.82, 2.24) is 10.2 Å². The Morgan fingerprint density at radius 1 is 1.22 bits per heavy atom. The molecule has 18 heavy (non-hydrogen) atoms. The van der Waals surface area contributed by atoms with Gasteiger partial charge >= 0.3 is 0 Å². The van der Waals surface area contributed by atoms with Gasteiger partial charge in [0.25, 0.3) is 0 Å². The molecule has 0 aliphatic carbocycles. The highest BCUT2D eigenvalue weighted by molar-refractivity contribution is 5.26. The maximum absolute atomic E-state index is 13.5. The summed E-state index contributed by atoms with van der Waals surface area (Å²) >= 11 is 0. The van der Waals surface area contributed by atoms with Gasteiger partial charge in [0, 0.05) is 12.0 Å². The molecule has 1 heterocycles. The van der Waals surface area contributed by atoms with E-state index in [1.807, 2.05) is 6.92 Å². The first-order valence-electron chi connectivity index (χ1n) is 5.80. The van der Waals surface area contributed by atoms with Gasteiger partial charge in [-0.25, -0.2) is 4.39 Å². The summed E-state index contributed by atoms with van der Waals surface area (Å²) < 4.78 is 13.5. The van der Waals surface area contributed by atoms with Crippen molar-refractivity contribution in [3.63, 3.8) is 0 Å². The van der Waals surface area contributed by atoms with Crippen molar-refractivity contribution in [3.8, 4) is 0 Å². The van der Waals surface area contributed by atoms with E-state index < -0.39 is 6.10 Å². The van der Waals surface area contributed by atoms with Crippen molar-refractivity contribution in [2.75, 3.05) is 0 Å². The highest BCUT2D eigenvalue weighted by atomic mass is 19.1. The van der Waals surface area contributed by atoms with Crippen LogP contribution in [0.4, 0.5) is 4.39 Å². The minimum absolute atomic E-state index is 0.235. The third-order valence-corrected chi connectivity index (χ3v) is 2.87. The maximum atomic E-state index is 13.5. The van der Waals surface area contributed by atoms with Crippen molar-refractivity contribution in [3.05, 3.63) is 58.7 Å². The molecule has 0 bridgehead atoms. The zero-order valence-electron chi connectivity index (χ0n) is 10.4. The molecule has 4 heteroatoms. The molecule has 0 amide bonds. The highest BCUT2D eigenvalue weighted by Gasteiger charge is 2.14. The van der Waals surface area contributed by atoms with Gasteiger partial charge in [-0.05, 0) is 31.5 Å². The Kier molecular flexibility index (Phi) is 3.67. The van der Waals surface area contributed by atoms with E-state index >= 15 is 0 Å². The molecule has 1 aromatic heterocycles. The molecule has 0 aliphatic rings. The van der Waals surface area contributed by atoms with Gasteiger partial charge in [0.2, 0.25) is 0 Å². The summed E-state index contributed by atoms with van der Waals surface area (Å²) in [7, 11) is 0. The number of hydrogen-bond acceptors (Lipinski definition) is 3. The van der Waals surface area contributed by atoms with Crippen LogP contribution in [0.2, 0.25) is 0 Å². The zero-order chi connectivity index (χ0) is 13.1. The number of aromatic nitrogens is 2. The second-order valence-electron chi connectivity index (χ2n) is 4.34. The van der Waals surface area contributed by atoms with Crippen molar-refractivity contribution >= 4 is 0 Å². The number of aliphatic hydroxyl groups excluding tert-OH is 1. The second-order valence-corrected chi connectivity index (χ2v) is 4.34. The zero-order valence-corrected chi connectivity index (χ0v) is 10.4. The van der Waals surface area contributed by atoms with Crippen LogP contribution in [-0.4, -0.2) is 15.3 Å². The topological polar surface area (TPSA) is 46.0 Å².